The molecule has 2 N–H and O–H groups in total. The molecule has 1 fully saturated rings. The molecule has 0 aromatic heterocycles. The van der Waals surface area contributed by atoms with Gasteiger partial charge < -0.3 is 5.32 Å². The van der Waals surface area contributed by atoms with E-state index in [1.165, 1.54) is 9.91 Å². The highest BCUT2D eigenvalue weighted by Crippen LogP contribution is 2.23. The molecule has 0 spiro atoms. The van der Waals surface area contributed by atoms with Crippen LogP contribution in [0.2, 0.25) is 0 Å². The zero-order valence-corrected chi connectivity index (χ0v) is 20.4. The Hall–Kier alpha value is -3.56. The first-order valence-corrected chi connectivity index (χ1v) is 11.7. The number of thiocarbonyl (C=S) groups is 1. The van der Waals surface area contributed by atoms with Crippen LogP contribution in [0.3, 0.4) is 0 Å². The first-order chi connectivity index (χ1) is 16.4. The van der Waals surface area contributed by atoms with Crippen molar-refractivity contribution in [3.05, 3.63) is 101 Å². The molecule has 4 rings (SSSR count). The van der Waals surface area contributed by atoms with E-state index in [0.29, 0.717) is 11.3 Å². The monoisotopic (exact) mass is 536 g/mol. The molecule has 1 saturated heterocycles. The molecule has 1 aliphatic heterocycles. The summed E-state index contributed by atoms with van der Waals surface area (Å²) in [6.45, 7) is 0.237. The van der Waals surface area contributed by atoms with Gasteiger partial charge >= 0.3 is 0 Å². The molecule has 0 aliphatic carbocycles. The molecule has 0 radical (unpaired) electrons. The van der Waals surface area contributed by atoms with Gasteiger partial charge in [0.25, 0.3) is 11.8 Å². The van der Waals surface area contributed by atoms with Gasteiger partial charge in [-0.1, -0.05) is 64.5 Å². The van der Waals surface area contributed by atoms with Crippen molar-refractivity contribution >= 4 is 56.7 Å². The molecule has 0 saturated carbocycles. The summed E-state index contributed by atoms with van der Waals surface area (Å²) < 4.78 is 0.883. The molecule has 3 aromatic carbocycles. The lowest BCUT2D eigenvalue weighted by Crippen LogP contribution is -2.49. The number of rotatable bonds is 7. The van der Waals surface area contributed by atoms with Gasteiger partial charge in [0.2, 0.25) is 5.91 Å². The van der Waals surface area contributed by atoms with Gasteiger partial charge in [0.15, 0.2) is 5.11 Å². The number of hydrazine groups is 1. The third-order valence-electron chi connectivity index (χ3n) is 5.25. The van der Waals surface area contributed by atoms with Crippen molar-refractivity contribution in [2.24, 2.45) is 0 Å². The maximum atomic E-state index is 13.3. The van der Waals surface area contributed by atoms with Gasteiger partial charge in [-0.15, -0.1) is 0 Å². The van der Waals surface area contributed by atoms with Crippen LogP contribution in [0.5, 0.6) is 0 Å². The summed E-state index contributed by atoms with van der Waals surface area (Å²) in [6.07, 6.45) is -0.185. The second-order valence-electron chi connectivity index (χ2n) is 7.64. The van der Waals surface area contributed by atoms with Crippen LogP contribution in [0, 0.1) is 0 Å². The van der Waals surface area contributed by atoms with E-state index < -0.39 is 11.9 Å². The van der Waals surface area contributed by atoms with E-state index in [-0.39, 0.29) is 29.9 Å². The normalized spacial score (nSPS) is 15.4. The molecule has 9 heteroatoms. The maximum absolute atomic E-state index is 13.3. The lowest BCUT2D eigenvalue weighted by molar-refractivity contribution is -0.131. The smallest absolute Gasteiger partial charge is 0.269 e. The Morgan fingerprint density at radius 1 is 0.912 bits per heavy atom. The highest BCUT2D eigenvalue weighted by atomic mass is 79.9. The van der Waals surface area contributed by atoms with Crippen molar-refractivity contribution in [1.82, 2.24) is 15.3 Å². The van der Waals surface area contributed by atoms with Crippen LogP contribution in [-0.4, -0.2) is 38.8 Å². The van der Waals surface area contributed by atoms with Crippen LogP contribution in [0.1, 0.15) is 22.3 Å². The first-order valence-electron chi connectivity index (χ1n) is 10.5. The number of halogens is 1. The molecule has 34 heavy (non-hydrogen) atoms. The Morgan fingerprint density at radius 3 is 2.18 bits per heavy atom. The fourth-order valence-corrected chi connectivity index (χ4v) is 4.14. The average Bonchev–Trinajstić information content (AvgIpc) is 3.06. The fourth-order valence-electron chi connectivity index (χ4n) is 3.55. The Morgan fingerprint density at radius 2 is 1.53 bits per heavy atom. The van der Waals surface area contributed by atoms with Crippen molar-refractivity contribution in [3.63, 3.8) is 0 Å². The molecule has 1 unspecified atom stereocenters. The van der Waals surface area contributed by atoms with Gasteiger partial charge in [-0.3, -0.25) is 24.7 Å². The minimum atomic E-state index is -0.973. The van der Waals surface area contributed by atoms with Crippen molar-refractivity contribution in [1.29, 1.82) is 0 Å². The number of amides is 3. The van der Waals surface area contributed by atoms with Gasteiger partial charge in [0, 0.05) is 15.7 Å². The zero-order chi connectivity index (χ0) is 24.1. The number of carbonyl (C=O) groups excluding carboxylic acids is 3. The quantitative estimate of drug-likeness (QED) is 0.444. The Bertz CT molecular complexity index is 1210. The van der Waals surface area contributed by atoms with E-state index >= 15 is 0 Å². The number of hydrogen-bond donors (Lipinski definition) is 2. The van der Waals surface area contributed by atoms with Crippen LogP contribution < -0.4 is 10.7 Å². The van der Waals surface area contributed by atoms with Crippen LogP contribution in [0.15, 0.2) is 89.4 Å². The zero-order valence-electron chi connectivity index (χ0n) is 18.0. The molecular formula is C25H21BrN4O3S. The number of anilines is 1. The minimum absolute atomic E-state index is 0.138. The van der Waals surface area contributed by atoms with Crippen molar-refractivity contribution < 1.29 is 14.4 Å². The summed E-state index contributed by atoms with van der Waals surface area (Å²) in [5.41, 5.74) is 4.62. The summed E-state index contributed by atoms with van der Waals surface area (Å²) in [7, 11) is 0. The third kappa shape index (κ3) is 5.49. The average molecular weight is 537 g/mol. The molecule has 3 aromatic rings. The molecule has 1 heterocycles. The Kier molecular flexibility index (Phi) is 7.34. The number of carbonyl (C=O) groups is 3. The molecule has 172 valence electrons. The molecule has 0 bridgehead atoms. The van der Waals surface area contributed by atoms with Crippen LogP contribution in [0.25, 0.3) is 0 Å². The summed E-state index contributed by atoms with van der Waals surface area (Å²) in [5, 5.41) is 4.24. The summed E-state index contributed by atoms with van der Waals surface area (Å²) in [4.78, 5) is 40.4. The number of benzene rings is 3. The number of nitrogens with zero attached hydrogens (tertiary/aromatic N) is 2. The highest BCUT2D eigenvalue weighted by Gasteiger charge is 2.44. The van der Waals surface area contributed by atoms with Crippen LogP contribution in [0.4, 0.5) is 5.69 Å². The molecule has 1 aliphatic rings. The molecule has 7 nitrogen and oxygen atoms in total. The maximum Gasteiger partial charge on any atom is 0.269 e. The molecular weight excluding hydrogens is 516 g/mol. The summed E-state index contributed by atoms with van der Waals surface area (Å²) in [6, 6.07) is 24.1. The predicted molar refractivity (Wildman–Crippen MR) is 137 cm³/mol. The first kappa shape index (κ1) is 23.6. The number of nitrogens with one attached hydrogen (secondary N) is 2. The lowest BCUT2D eigenvalue weighted by Gasteiger charge is -2.24. The van der Waals surface area contributed by atoms with E-state index in [1.54, 1.807) is 54.6 Å². The van der Waals surface area contributed by atoms with Crippen LogP contribution >= 0.6 is 28.1 Å². The third-order valence-corrected chi connectivity index (χ3v) is 6.19. The van der Waals surface area contributed by atoms with Gasteiger partial charge in [-0.25, -0.2) is 5.01 Å². The minimum Gasteiger partial charge on any atom is -0.326 e. The van der Waals surface area contributed by atoms with E-state index in [4.69, 9.17) is 12.2 Å². The van der Waals surface area contributed by atoms with E-state index in [2.05, 4.69) is 26.7 Å². The Labute approximate surface area is 210 Å². The fraction of sp³-hybridized carbons (Fsp3) is 0.120. The SMILES string of the molecule is O=C(CC1C(=O)N(Cc2ccccc2)C(=S)N1NC(=O)c1ccccc1)Nc1ccc(Br)cc1. The molecule has 1 atom stereocenters. The summed E-state index contributed by atoms with van der Waals surface area (Å²) >= 11 is 8.92. The predicted octanol–water partition coefficient (Wildman–Crippen LogP) is 4.12. The second kappa shape index (κ2) is 10.6. The molecule has 3 amide bonds. The van der Waals surface area contributed by atoms with Gasteiger partial charge in [0.1, 0.15) is 6.04 Å². The van der Waals surface area contributed by atoms with Crippen LogP contribution in [-0.2, 0) is 16.1 Å². The largest absolute Gasteiger partial charge is 0.326 e. The summed E-state index contributed by atoms with van der Waals surface area (Å²) in [5.74, 6) is -1.15. The van der Waals surface area contributed by atoms with Crippen molar-refractivity contribution in [3.8, 4) is 0 Å². The van der Waals surface area contributed by atoms with E-state index in [0.717, 1.165) is 10.0 Å². The highest BCUT2D eigenvalue weighted by molar-refractivity contribution is 9.10. The van der Waals surface area contributed by atoms with Gasteiger partial charge in [0.05, 0.1) is 13.0 Å². The van der Waals surface area contributed by atoms with Gasteiger partial charge in [-0.2, -0.15) is 0 Å². The number of hydrogen-bond acceptors (Lipinski definition) is 4. The standard InChI is InChI=1S/C25H21BrN4O3S/c26-19-11-13-20(14-12-19)27-22(31)15-21-24(33)29(16-17-7-3-1-4-8-17)25(34)30(21)28-23(32)18-9-5-2-6-10-18/h1-14,21H,15-16H2,(H,27,31)(H,28,32). The second-order valence-corrected chi connectivity index (χ2v) is 8.93. The Balaban J connectivity index is 1.55. The lowest BCUT2D eigenvalue weighted by atomic mass is 10.1. The topological polar surface area (TPSA) is 81.8 Å². The van der Waals surface area contributed by atoms with Crippen molar-refractivity contribution in [2.45, 2.75) is 19.0 Å². The van der Waals surface area contributed by atoms with Crippen molar-refractivity contribution in [2.75, 3.05) is 5.32 Å². The van der Waals surface area contributed by atoms with E-state index in [9.17, 15) is 14.4 Å². The van der Waals surface area contributed by atoms with E-state index in [1.807, 2.05) is 30.3 Å². The van der Waals surface area contributed by atoms with Gasteiger partial charge in [-0.05, 0) is 54.2 Å².